The maximum Gasteiger partial charge on any atom is 0.125 e. The van der Waals surface area contributed by atoms with Gasteiger partial charge in [-0.05, 0) is 44.5 Å². The van der Waals surface area contributed by atoms with Crippen molar-refractivity contribution >= 4 is 26.5 Å². The lowest BCUT2D eigenvalue weighted by Crippen LogP contribution is -2.38. The van der Waals surface area contributed by atoms with E-state index in [9.17, 15) is 10.2 Å². The Morgan fingerprint density at radius 1 is 0.476 bits per heavy atom. The van der Waals surface area contributed by atoms with Crippen molar-refractivity contribution < 1.29 is 19.7 Å². The Bertz CT molecular complexity index is 1430. The molecule has 0 saturated heterocycles. The van der Waals surface area contributed by atoms with Crippen LogP contribution in [0.1, 0.15) is 44.5 Å². The number of hydrogen-bond donors (Lipinski definition) is 2. The Balaban J connectivity index is 1.81. The molecule has 0 radical (unpaired) electrons. The Morgan fingerprint density at radius 2 is 0.738 bits per heavy atom. The summed E-state index contributed by atoms with van der Waals surface area (Å²) < 4.78 is 12.1. The van der Waals surface area contributed by atoms with Gasteiger partial charge < -0.3 is 19.7 Å². The SMILES string of the molecule is COc1c2cccc1Cc1cc([Si](C)(C)C)cc(c1O)Cc1cccc(c1OC)Cc1cc([Si](C)(C)C)cc(c1O)C2. The Labute approximate surface area is 253 Å². The summed E-state index contributed by atoms with van der Waals surface area (Å²) in [5, 5.41) is 26.0. The van der Waals surface area contributed by atoms with Gasteiger partial charge >= 0.3 is 0 Å². The third-order valence-electron chi connectivity index (χ3n) is 8.56. The largest absolute Gasteiger partial charge is 0.507 e. The summed E-state index contributed by atoms with van der Waals surface area (Å²) in [5.74, 6) is 2.31. The molecule has 4 aromatic rings. The van der Waals surface area contributed by atoms with Gasteiger partial charge in [-0.25, -0.2) is 0 Å². The third kappa shape index (κ3) is 5.88. The van der Waals surface area contributed by atoms with Gasteiger partial charge in [-0.3, -0.25) is 0 Å². The number of phenols is 2. The zero-order valence-corrected chi connectivity index (χ0v) is 28.3. The molecule has 1 aliphatic carbocycles. The van der Waals surface area contributed by atoms with E-state index in [1.807, 2.05) is 0 Å². The average Bonchev–Trinajstić information content (AvgIpc) is 2.91. The third-order valence-corrected chi connectivity index (χ3v) is 12.6. The first-order chi connectivity index (χ1) is 19.8. The summed E-state index contributed by atoms with van der Waals surface area (Å²) in [6.07, 6.45) is 2.21. The summed E-state index contributed by atoms with van der Waals surface area (Å²) in [6.45, 7) is 14.1. The molecule has 4 aromatic carbocycles. The standard InChI is InChI=1S/C36H44O4Si2/c1-39-35-23-11-9-12-24(35)16-28-20-32(42(6,7)8)22-30(34(28)38)18-26-14-10-13-25(36(26)40-2)17-29-21-31(41(3,4)5)19-27(15-23)33(29)37/h9-14,19-22,37-38H,15-18H2,1-8H3. The molecule has 0 aromatic heterocycles. The zero-order chi connectivity index (χ0) is 30.4. The van der Waals surface area contributed by atoms with Gasteiger partial charge in [0.1, 0.15) is 23.0 Å². The minimum absolute atomic E-state index is 0.339. The van der Waals surface area contributed by atoms with Crippen LogP contribution < -0.4 is 19.8 Å². The molecule has 6 heteroatoms. The van der Waals surface area contributed by atoms with E-state index in [-0.39, 0.29) is 0 Å². The van der Waals surface area contributed by atoms with E-state index in [2.05, 4.69) is 99.9 Å². The van der Waals surface area contributed by atoms with Crippen molar-refractivity contribution in [3.63, 3.8) is 0 Å². The van der Waals surface area contributed by atoms with Crippen LogP contribution in [0, 0.1) is 0 Å². The van der Waals surface area contributed by atoms with Gasteiger partial charge in [-0.15, -0.1) is 0 Å². The van der Waals surface area contributed by atoms with Crippen LogP contribution in [-0.2, 0) is 25.7 Å². The second-order valence-electron chi connectivity index (χ2n) is 13.7. The van der Waals surface area contributed by atoms with Gasteiger partial charge in [-0.1, -0.05) is 110 Å². The molecule has 0 fully saturated rings. The lowest BCUT2D eigenvalue weighted by atomic mass is 9.91. The van der Waals surface area contributed by atoms with Crippen LogP contribution >= 0.6 is 0 Å². The smallest absolute Gasteiger partial charge is 0.125 e. The van der Waals surface area contributed by atoms with E-state index < -0.39 is 16.1 Å². The highest BCUT2D eigenvalue weighted by atomic mass is 28.3. The number of ether oxygens (including phenoxy) is 2. The normalized spacial score (nSPS) is 13.5. The van der Waals surface area contributed by atoms with Gasteiger partial charge in [0.25, 0.3) is 0 Å². The summed E-state index contributed by atoms with van der Waals surface area (Å²) in [6, 6.07) is 21.3. The lowest BCUT2D eigenvalue weighted by Gasteiger charge is -2.24. The van der Waals surface area contributed by atoms with E-state index >= 15 is 0 Å². The van der Waals surface area contributed by atoms with Gasteiger partial charge in [0.2, 0.25) is 0 Å². The van der Waals surface area contributed by atoms with Crippen LogP contribution in [0.4, 0.5) is 0 Å². The molecule has 0 saturated carbocycles. The summed E-state index contributed by atoms with van der Waals surface area (Å²) in [4.78, 5) is 0. The van der Waals surface area contributed by atoms with Gasteiger partial charge in [-0.2, -0.15) is 0 Å². The molecule has 0 spiro atoms. The predicted octanol–water partition coefficient (Wildman–Crippen LogP) is 6.88. The maximum absolute atomic E-state index is 11.7. The second kappa shape index (κ2) is 11.3. The minimum Gasteiger partial charge on any atom is -0.507 e. The van der Waals surface area contributed by atoms with Gasteiger partial charge in [0.05, 0.1) is 30.4 Å². The maximum atomic E-state index is 11.7. The molecule has 0 unspecified atom stereocenters. The van der Waals surface area contributed by atoms with E-state index in [1.54, 1.807) is 14.2 Å². The van der Waals surface area contributed by atoms with Crippen molar-refractivity contribution in [2.75, 3.05) is 14.2 Å². The Kier molecular flexibility index (Phi) is 8.07. The lowest BCUT2D eigenvalue weighted by molar-refractivity contribution is 0.404. The molecule has 1 aliphatic rings. The molecule has 0 amide bonds. The van der Waals surface area contributed by atoms with Crippen LogP contribution in [0.25, 0.3) is 0 Å². The fraction of sp³-hybridized carbons (Fsp3) is 0.333. The number of aromatic hydroxyl groups is 2. The molecular weight excluding hydrogens is 553 g/mol. The monoisotopic (exact) mass is 596 g/mol. The van der Waals surface area contributed by atoms with E-state index in [4.69, 9.17) is 9.47 Å². The fourth-order valence-corrected chi connectivity index (χ4v) is 8.53. The molecule has 4 nitrogen and oxygen atoms in total. The van der Waals surface area contributed by atoms with Crippen LogP contribution in [0.5, 0.6) is 23.0 Å². The molecule has 0 heterocycles. The molecular formula is C36H44O4Si2. The van der Waals surface area contributed by atoms with Crippen LogP contribution in [0.3, 0.4) is 0 Å². The quantitative estimate of drug-likeness (QED) is 0.222. The summed E-state index contributed by atoms with van der Waals surface area (Å²) >= 11 is 0. The number of benzene rings is 4. The van der Waals surface area contributed by atoms with Gasteiger partial charge in [0, 0.05) is 25.7 Å². The number of fused-ring (bicyclic) bond motifs is 8. The topological polar surface area (TPSA) is 58.9 Å². The fourth-order valence-electron chi connectivity index (χ4n) is 6.10. The predicted molar refractivity (Wildman–Crippen MR) is 179 cm³/mol. The average molecular weight is 597 g/mol. The number of phenolic OH excluding ortho intramolecular Hbond substituents is 2. The number of rotatable bonds is 4. The molecule has 0 atom stereocenters. The highest BCUT2D eigenvalue weighted by molar-refractivity contribution is 6.89. The molecule has 42 heavy (non-hydrogen) atoms. The zero-order valence-electron chi connectivity index (χ0n) is 26.3. The van der Waals surface area contributed by atoms with E-state index in [1.165, 1.54) is 10.4 Å². The van der Waals surface area contributed by atoms with Crippen molar-refractivity contribution in [2.45, 2.75) is 65.0 Å². The van der Waals surface area contributed by atoms with Crippen molar-refractivity contribution in [3.8, 4) is 23.0 Å². The van der Waals surface area contributed by atoms with Crippen LogP contribution in [-0.4, -0.2) is 40.6 Å². The van der Waals surface area contributed by atoms with E-state index in [0.717, 1.165) is 56.0 Å². The first kappa shape index (κ1) is 30.0. The number of para-hydroxylation sites is 2. The molecule has 5 rings (SSSR count). The van der Waals surface area contributed by atoms with Crippen molar-refractivity contribution in [1.29, 1.82) is 0 Å². The van der Waals surface area contributed by atoms with E-state index in [0.29, 0.717) is 37.2 Å². The molecule has 8 bridgehead atoms. The van der Waals surface area contributed by atoms with Gasteiger partial charge in [0.15, 0.2) is 0 Å². The molecule has 220 valence electrons. The van der Waals surface area contributed by atoms with Crippen molar-refractivity contribution in [1.82, 2.24) is 0 Å². The van der Waals surface area contributed by atoms with Crippen LogP contribution in [0.15, 0.2) is 60.7 Å². The minimum atomic E-state index is -1.69. The van der Waals surface area contributed by atoms with Crippen molar-refractivity contribution in [2.24, 2.45) is 0 Å². The highest BCUT2D eigenvalue weighted by Crippen LogP contribution is 2.38. The molecule has 2 N–H and O–H groups in total. The number of methoxy groups -OCH3 is 2. The molecule has 0 aliphatic heterocycles. The second-order valence-corrected chi connectivity index (χ2v) is 23.9. The Morgan fingerprint density at radius 3 is 0.952 bits per heavy atom. The van der Waals surface area contributed by atoms with Crippen molar-refractivity contribution in [3.05, 3.63) is 105 Å². The summed E-state index contributed by atoms with van der Waals surface area (Å²) in [7, 11) is 0.0445. The number of hydrogen-bond acceptors (Lipinski definition) is 4. The van der Waals surface area contributed by atoms with Crippen LogP contribution in [0.2, 0.25) is 39.3 Å². The first-order valence-corrected chi connectivity index (χ1v) is 21.8. The first-order valence-electron chi connectivity index (χ1n) is 14.8. The summed E-state index contributed by atoms with van der Waals surface area (Å²) in [5.41, 5.74) is 7.74. The highest BCUT2D eigenvalue weighted by Gasteiger charge is 2.25. The Hall–Kier alpha value is -3.49.